The fourth-order valence-corrected chi connectivity index (χ4v) is 3.99. The molecule has 2 aromatic rings. The van der Waals surface area contributed by atoms with Crippen LogP contribution in [0.15, 0.2) is 54.6 Å². The Hall–Kier alpha value is -2.62. The van der Waals surface area contributed by atoms with Crippen LogP contribution in [0.4, 0.5) is 5.69 Å². The van der Waals surface area contributed by atoms with Crippen molar-refractivity contribution < 1.29 is 14.7 Å². The van der Waals surface area contributed by atoms with Crippen molar-refractivity contribution in [2.75, 3.05) is 5.32 Å². The highest BCUT2D eigenvalue weighted by Gasteiger charge is 2.48. The molecule has 4 nitrogen and oxygen atoms in total. The standard InChI is InChI=1S/C19H17NO3/c21-18(16-13-5-6-14(9-13)17(16)19(22)23)20-15-8-7-11-3-1-2-4-12(11)10-15/h1-8,10,13-14,16-17H,9H2,(H,20,21)(H,22,23)/p-1/t13-,14+,16+,17+/m1/s1. The molecule has 1 N–H and O–H groups in total. The summed E-state index contributed by atoms with van der Waals surface area (Å²) >= 11 is 0. The Kier molecular flexibility index (Phi) is 3.18. The predicted molar refractivity (Wildman–Crippen MR) is 85.3 cm³/mol. The Balaban J connectivity index is 1.59. The maximum absolute atomic E-state index is 12.6. The number of aliphatic carboxylic acids is 1. The monoisotopic (exact) mass is 306 g/mol. The van der Waals surface area contributed by atoms with Crippen molar-refractivity contribution in [3.8, 4) is 0 Å². The lowest BCUT2D eigenvalue weighted by Gasteiger charge is -2.27. The zero-order valence-corrected chi connectivity index (χ0v) is 12.4. The van der Waals surface area contributed by atoms with E-state index >= 15 is 0 Å². The third-order valence-electron chi connectivity index (χ3n) is 5.05. The molecule has 0 radical (unpaired) electrons. The van der Waals surface area contributed by atoms with Gasteiger partial charge in [0.2, 0.25) is 5.91 Å². The molecular formula is C19H16NO3-. The molecule has 23 heavy (non-hydrogen) atoms. The average molecular weight is 306 g/mol. The van der Waals surface area contributed by atoms with Gasteiger partial charge >= 0.3 is 0 Å². The van der Waals surface area contributed by atoms with E-state index in [-0.39, 0.29) is 17.7 Å². The molecule has 4 heteroatoms. The van der Waals surface area contributed by atoms with Crippen LogP contribution in [0, 0.1) is 23.7 Å². The molecule has 0 heterocycles. The molecule has 4 atom stereocenters. The average Bonchev–Trinajstić information content (AvgIpc) is 3.15. The number of allylic oxidation sites excluding steroid dienone is 2. The molecule has 2 aliphatic carbocycles. The van der Waals surface area contributed by atoms with Gasteiger partial charge in [-0.05, 0) is 41.2 Å². The van der Waals surface area contributed by atoms with Crippen molar-refractivity contribution in [1.82, 2.24) is 0 Å². The van der Waals surface area contributed by atoms with Crippen molar-refractivity contribution in [3.05, 3.63) is 54.6 Å². The molecular weight excluding hydrogens is 290 g/mol. The van der Waals surface area contributed by atoms with Crippen molar-refractivity contribution in [3.63, 3.8) is 0 Å². The number of nitrogens with one attached hydrogen (secondary N) is 1. The van der Waals surface area contributed by atoms with E-state index in [1.807, 2.05) is 54.6 Å². The number of carbonyl (C=O) groups excluding carboxylic acids is 2. The Bertz CT molecular complexity index is 826. The maximum Gasteiger partial charge on any atom is 0.228 e. The molecule has 4 rings (SSSR count). The van der Waals surface area contributed by atoms with Crippen molar-refractivity contribution in [2.24, 2.45) is 23.7 Å². The fourth-order valence-electron chi connectivity index (χ4n) is 3.99. The SMILES string of the molecule is O=C(Nc1ccc2ccccc2c1)[C@@H]1[C@@H](C(=O)[O-])[C@H]2C=C[C@@H]1C2. The minimum Gasteiger partial charge on any atom is -0.550 e. The summed E-state index contributed by atoms with van der Waals surface area (Å²) in [4.78, 5) is 24.0. The molecule has 1 saturated carbocycles. The van der Waals surface area contributed by atoms with E-state index < -0.39 is 17.8 Å². The number of hydrogen-bond donors (Lipinski definition) is 1. The second-order valence-corrected chi connectivity index (χ2v) is 6.37. The van der Waals surface area contributed by atoms with Crippen LogP contribution in [-0.2, 0) is 9.59 Å². The Morgan fingerprint density at radius 3 is 2.39 bits per heavy atom. The van der Waals surface area contributed by atoms with Crippen molar-refractivity contribution in [2.45, 2.75) is 6.42 Å². The minimum atomic E-state index is -1.12. The van der Waals surface area contributed by atoms with Gasteiger partial charge in [-0.15, -0.1) is 0 Å². The highest BCUT2D eigenvalue weighted by molar-refractivity contribution is 5.98. The summed E-state index contributed by atoms with van der Waals surface area (Å²) in [6.45, 7) is 0. The Morgan fingerprint density at radius 1 is 0.957 bits per heavy atom. The van der Waals surface area contributed by atoms with Gasteiger partial charge in [0, 0.05) is 17.6 Å². The number of carboxylic acids is 1. The molecule has 0 saturated heterocycles. The maximum atomic E-state index is 12.6. The quantitative estimate of drug-likeness (QED) is 0.881. The lowest BCUT2D eigenvalue weighted by atomic mass is 9.82. The first-order chi connectivity index (χ1) is 11.1. The third kappa shape index (κ3) is 2.31. The summed E-state index contributed by atoms with van der Waals surface area (Å²) in [7, 11) is 0. The molecule has 2 aliphatic rings. The van der Waals surface area contributed by atoms with E-state index in [0.717, 1.165) is 17.2 Å². The van der Waals surface area contributed by atoms with E-state index in [2.05, 4.69) is 5.32 Å². The van der Waals surface area contributed by atoms with Gasteiger partial charge in [0.15, 0.2) is 0 Å². The highest BCUT2D eigenvalue weighted by atomic mass is 16.4. The van der Waals surface area contributed by atoms with Gasteiger partial charge in [-0.3, -0.25) is 4.79 Å². The number of fused-ring (bicyclic) bond motifs is 3. The van der Waals surface area contributed by atoms with Crippen molar-refractivity contribution in [1.29, 1.82) is 0 Å². The topological polar surface area (TPSA) is 69.2 Å². The van der Waals surface area contributed by atoms with E-state index in [4.69, 9.17) is 0 Å². The molecule has 0 spiro atoms. The van der Waals surface area contributed by atoms with E-state index in [9.17, 15) is 14.7 Å². The van der Waals surface area contributed by atoms with Crippen LogP contribution in [0.5, 0.6) is 0 Å². The van der Waals surface area contributed by atoms with Crippen LogP contribution in [-0.4, -0.2) is 11.9 Å². The van der Waals surface area contributed by atoms with Gasteiger partial charge in [-0.25, -0.2) is 0 Å². The zero-order valence-electron chi connectivity index (χ0n) is 12.4. The number of anilines is 1. The van der Waals surface area contributed by atoms with E-state index in [0.29, 0.717) is 5.69 Å². The first-order valence-electron chi connectivity index (χ1n) is 7.82. The lowest BCUT2D eigenvalue weighted by molar-refractivity contribution is -0.313. The molecule has 0 aromatic heterocycles. The summed E-state index contributed by atoms with van der Waals surface area (Å²) in [5, 5.41) is 16.4. The number of hydrogen-bond acceptors (Lipinski definition) is 3. The Labute approximate surface area is 133 Å². The second kappa shape index (κ2) is 5.23. The van der Waals surface area contributed by atoms with Crippen LogP contribution >= 0.6 is 0 Å². The number of amides is 1. The molecule has 1 fully saturated rings. The largest absolute Gasteiger partial charge is 0.550 e. The van der Waals surface area contributed by atoms with Gasteiger partial charge < -0.3 is 15.2 Å². The van der Waals surface area contributed by atoms with Gasteiger partial charge in [-0.2, -0.15) is 0 Å². The molecule has 1 amide bonds. The Morgan fingerprint density at radius 2 is 1.65 bits per heavy atom. The normalized spacial score (nSPS) is 28.2. The van der Waals surface area contributed by atoms with Crippen LogP contribution in [0.1, 0.15) is 6.42 Å². The summed E-state index contributed by atoms with van der Waals surface area (Å²) < 4.78 is 0. The summed E-state index contributed by atoms with van der Waals surface area (Å²) in [6, 6.07) is 13.6. The summed E-state index contributed by atoms with van der Waals surface area (Å²) in [5.41, 5.74) is 0.692. The van der Waals surface area contributed by atoms with Crippen molar-refractivity contribution >= 4 is 28.3 Å². The van der Waals surface area contributed by atoms with Gasteiger partial charge in [0.1, 0.15) is 0 Å². The van der Waals surface area contributed by atoms with Gasteiger partial charge in [0.25, 0.3) is 0 Å². The lowest BCUT2D eigenvalue weighted by Crippen LogP contribution is -2.42. The van der Waals surface area contributed by atoms with Crippen LogP contribution < -0.4 is 10.4 Å². The molecule has 2 aromatic carbocycles. The fraction of sp³-hybridized carbons (Fsp3) is 0.263. The van der Waals surface area contributed by atoms with Crippen LogP contribution in [0.2, 0.25) is 0 Å². The number of benzene rings is 2. The summed E-state index contributed by atoms with van der Waals surface area (Å²) in [5.74, 6) is -2.68. The number of rotatable bonds is 3. The smallest absolute Gasteiger partial charge is 0.228 e. The van der Waals surface area contributed by atoms with E-state index in [1.54, 1.807) is 0 Å². The first-order valence-corrected chi connectivity index (χ1v) is 7.82. The highest BCUT2D eigenvalue weighted by Crippen LogP contribution is 2.48. The van der Waals surface area contributed by atoms with Gasteiger partial charge in [-0.1, -0.05) is 42.5 Å². The second-order valence-electron chi connectivity index (χ2n) is 6.37. The van der Waals surface area contributed by atoms with E-state index in [1.165, 1.54) is 0 Å². The van der Waals surface area contributed by atoms with Crippen LogP contribution in [0.25, 0.3) is 10.8 Å². The predicted octanol–water partition coefficient (Wildman–Crippen LogP) is 1.97. The minimum absolute atomic E-state index is 0.00311. The molecule has 0 unspecified atom stereocenters. The van der Waals surface area contributed by atoms with Gasteiger partial charge in [0.05, 0.1) is 5.92 Å². The molecule has 2 bridgehead atoms. The summed E-state index contributed by atoms with van der Waals surface area (Å²) in [6.07, 6.45) is 4.61. The molecule has 0 aliphatic heterocycles. The molecule has 116 valence electrons. The zero-order chi connectivity index (χ0) is 16.0. The first kappa shape index (κ1) is 14.0. The third-order valence-corrected chi connectivity index (χ3v) is 5.05. The number of carboxylic acid groups (broad SMARTS) is 1. The van der Waals surface area contributed by atoms with Crippen LogP contribution in [0.3, 0.4) is 0 Å². The number of carbonyl (C=O) groups is 2.